The van der Waals surface area contributed by atoms with Gasteiger partial charge in [-0.25, -0.2) is 0 Å². The largest absolute Gasteiger partial charge is 0.502 e. The first-order valence-electron chi connectivity index (χ1n) is 8.55. The highest BCUT2D eigenvalue weighted by atomic mass is 16.5. The van der Waals surface area contributed by atoms with Gasteiger partial charge in [0.05, 0.1) is 20.6 Å². The number of phenols is 1. The summed E-state index contributed by atoms with van der Waals surface area (Å²) in [6, 6.07) is 9.50. The van der Waals surface area contributed by atoms with Gasteiger partial charge in [-0.1, -0.05) is 23.8 Å². The molecule has 1 aliphatic rings. The molecule has 0 heterocycles. The van der Waals surface area contributed by atoms with Crippen molar-refractivity contribution in [1.29, 1.82) is 0 Å². The first-order valence-corrected chi connectivity index (χ1v) is 8.55. The maximum Gasteiger partial charge on any atom is 0.307 e. The molecule has 0 amide bonds. The molecule has 0 saturated heterocycles. The van der Waals surface area contributed by atoms with E-state index in [1.165, 1.54) is 14.2 Å². The number of fused-ring (bicyclic) bond motifs is 1. The van der Waals surface area contributed by atoms with E-state index in [0.717, 1.165) is 39.0 Å². The number of phenolic OH excluding ortho intramolecular Hbond substituents is 1. The summed E-state index contributed by atoms with van der Waals surface area (Å²) < 4.78 is 10.5. The summed E-state index contributed by atoms with van der Waals surface area (Å²) in [5, 5.41) is 19.4. The summed E-state index contributed by atoms with van der Waals surface area (Å²) in [5.41, 5.74) is 6.54. The second kappa shape index (κ2) is 7.19. The van der Waals surface area contributed by atoms with E-state index in [1.807, 2.05) is 38.1 Å². The predicted molar refractivity (Wildman–Crippen MR) is 105 cm³/mol. The number of benzene rings is 2. The van der Waals surface area contributed by atoms with Crippen LogP contribution in [0.5, 0.6) is 17.2 Å². The molecular weight excluding hydrogens is 344 g/mol. The van der Waals surface area contributed by atoms with Crippen LogP contribution < -0.4 is 9.47 Å². The Morgan fingerprint density at radius 1 is 1.04 bits per heavy atom. The Morgan fingerprint density at radius 3 is 2.22 bits per heavy atom. The second-order valence-corrected chi connectivity index (χ2v) is 6.56. The van der Waals surface area contributed by atoms with E-state index in [1.54, 1.807) is 12.1 Å². The predicted octanol–water partition coefficient (Wildman–Crippen LogP) is 4.52. The molecule has 2 aromatic rings. The van der Waals surface area contributed by atoms with Crippen molar-refractivity contribution in [3.8, 4) is 17.2 Å². The van der Waals surface area contributed by atoms with Crippen LogP contribution in [0.15, 0.2) is 35.9 Å². The van der Waals surface area contributed by atoms with Crippen LogP contribution in [0.2, 0.25) is 0 Å². The second-order valence-electron chi connectivity index (χ2n) is 6.56. The van der Waals surface area contributed by atoms with Gasteiger partial charge >= 0.3 is 5.97 Å². The van der Waals surface area contributed by atoms with Gasteiger partial charge in [0.2, 0.25) is 5.75 Å². The van der Waals surface area contributed by atoms with Crippen LogP contribution in [0.1, 0.15) is 35.6 Å². The standard InChI is InChI=1S/C22H22O5/c1-12-5-6-15-16(13(2)17(11-21(23)24)18(15)7-12)8-14-9-19(26-3)22(25)20(10-14)27-4/h5-10,25H,11H2,1-4H3,(H,23,24)/b16-8-. The number of carboxylic acid groups (broad SMARTS) is 1. The van der Waals surface area contributed by atoms with Crippen molar-refractivity contribution in [1.82, 2.24) is 0 Å². The number of hydrogen-bond acceptors (Lipinski definition) is 4. The fraction of sp³-hybridized carbons (Fsp3) is 0.227. The summed E-state index contributed by atoms with van der Waals surface area (Å²) in [5.74, 6) is -0.277. The molecular formula is C22H22O5. The number of aromatic hydroxyl groups is 1. The molecule has 2 aromatic carbocycles. The van der Waals surface area contributed by atoms with Gasteiger partial charge in [-0.3, -0.25) is 4.79 Å². The van der Waals surface area contributed by atoms with Crippen molar-refractivity contribution in [2.45, 2.75) is 20.3 Å². The molecule has 0 bridgehead atoms. The van der Waals surface area contributed by atoms with E-state index >= 15 is 0 Å². The zero-order valence-electron chi connectivity index (χ0n) is 15.8. The average molecular weight is 366 g/mol. The highest BCUT2D eigenvalue weighted by Gasteiger charge is 2.25. The minimum atomic E-state index is -0.856. The van der Waals surface area contributed by atoms with Gasteiger partial charge in [0.1, 0.15) is 0 Å². The number of allylic oxidation sites excluding steroid dienone is 2. The van der Waals surface area contributed by atoms with Crippen LogP contribution in [0.4, 0.5) is 0 Å². The van der Waals surface area contributed by atoms with Crippen LogP contribution in [0.25, 0.3) is 17.2 Å². The van der Waals surface area contributed by atoms with Crippen molar-refractivity contribution in [2.24, 2.45) is 0 Å². The summed E-state index contributed by atoms with van der Waals surface area (Å²) in [7, 11) is 2.96. The van der Waals surface area contributed by atoms with Crippen LogP contribution in [0, 0.1) is 6.92 Å². The van der Waals surface area contributed by atoms with Gasteiger partial charge in [-0.15, -0.1) is 0 Å². The maximum atomic E-state index is 11.4. The lowest BCUT2D eigenvalue weighted by atomic mass is 9.99. The first-order chi connectivity index (χ1) is 12.8. The minimum Gasteiger partial charge on any atom is -0.502 e. The molecule has 2 N–H and O–H groups in total. The van der Waals surface area contributed by atoms with Crippen LogP contribution >= 0.6 is 0 Å². The van der Waals surface area contributed by atoms with Crippen molar-refractivity contribution in [2.75, 3.05) is 14.2 Å². The number of hydrogen-bond donors (Lipinski definition) is 2. The van der Waals surface area contributed by atoms with Gasteiger partial charge in [-0.05, 0) is 65.5 Å². The van der Waals surface area contributed by atoms with E-state index in [-0.39, 0.29) is 12.2 Å². The fourth-order valence-electron chi connectivity index (χ4n) is 3.44. The lowest BCUT2D eigenvalue weighted by molar-refractivity contribution is -0.135. The molecule has 1 aliphatic carbocycles. The summed E-state index contributed by atoms with van der Waals surface area (Å²) >= 11 is 0. The van der Waals surface area contributed by atoms with Gasteiger partial charge in [0, 0.05) is 0 Å². The first kappa shape index (κ1) is 18.6. The number of aryl methyl sites for hydroxylation is 1. The Morgan fingerprint density at radius 2 is 1.67 bits per heavy atom. The van der Waals surface area contributed by atoms with Crippen molar-refractivity contribution >= 4 is 23.2 Å². The zero-order valence-corrected chi connectivity index (χ0v) is 15.8. The zero-order chi connectivity index (χ0) is 19.7. The third-order valence-electron chi connectivity index (χ3n) is 4.79. The number of aliphatic carboxylic acids is 1. The Bertz CT molecular complexity index is 957. The quantitative estimate of drug-likeness (QED) is 0.814. The molecule has 0 spiro atoms. The third kappa shape index (κ3) is 3.40. The molecule has 5 nitrogen and oxygen atoms in total. The molecule has 0 fully saturated rings. The highest BCUT2D eigenvalue weighted by Crippen LogP contribution is 2.45. The van der Waals surface area contributed by atoms with Crippen LogP contribution in [0.3, 0.4) is 0 Å². The summed E-state index contributed by atoms with van der Waals surface area (Å²) in [6.45, 7) is 3.93. The van der Waals surface area contributed by atoms with E-state index in [4.69, 9.17) is 9.47 Å². The van der Waals surface area contributed by atoms with E-state index in [2.05, 4.69) is 0 Å². The van der Waals surface area contributed by atoms with E-state index in [0.29, 0.717) is 11.5 Å². The number of ether oxygens (including phenoxy) is 2. The minimum absolute atomic E-state index is 0.0259. The smallest absolute Gasteiger partial charge is 0.307 e. The highest BCUT2D eigenvalue weighted by molar-refractivity contribution is 6.07. The molecule has 0 atom stereocenters. The monoisotopic (exact) mass is 366 g/mol. The Labute approximate surface area is 158 Å². The Balaban J connectivity index is 2.19. The average Bonchev–Trinajstić information content (AvgIpc) is 2.87. The lowest BCUT2D eigenvalue weighted by Crippen LogP contribution is -1.97. The van der Waals surface area contributed by atoms with Crippen molar-refractivity contribution in [3.05, 3.63) is 58.2 Å². The molecule has 0 aromatic heterocycles. The molecule has 0 saturated carbocycles. The van der Waals surface area contributed by atoms with E-state index in [9.17, 15) is 15.0 Å². The molecule has 27 heavy (non-hydrogen) atoms. The number of carboxylic acids is 1. The van der Waals surface area contributed by atoms with Crippen molar-refractivity contribution < 1.29 is 24.5 Å². The molecule has 0 radical (unpaired) electrons. The molecule has 0 aliphatic heterocycles. The summed E-state index contributed by atoms with van der Waals surface area (Å²) in [4.78, 5) is 11.4. The number of methoxy groups -OCH3 is 2. The Kier molecular flexibility index (Phi) is 4.95. The topological polar surface area (TPSA) is 76.0 Å². The van der Waals surface area contributed by atoms with Gasteiger partial charge in [-0.2, -0.15) is 0 Å². The van der Waals surface area contributed by atoms with Crippen LogP contribution in [-0.4, -0.2) is 30.4 Å². The Hall–Kier alpha value is -3.21. The third-order valence-corrected chi connectivity index (χ3v) is 4.79. The van der Waals surface area contributed by atoms with Gasteiger partial charge in [0.15, 0.2) is 11.5 Å². The molecule has 5 heteroatoms. The van der Waals surface area contributed by atoms with Gasteiger partial charge in [0.25, 0.3) is 0 Å². The SMILES string of the molecule is COc1cc(/C=C2/C(C)=C(CC(=O)O)c3cc(C)ccc32)cc(OC)c1O. The normalized spacial score (nSPS) is 14.4. The molecule has 3 rings (SSSR count). The van der Waals surface area contributed by atoms with E-state index < -0.39 is 5.97 Å². The maximum absolute atomic E-state index is 11.4. The summed E-state index contributed by atoms with van der Waals surface area (Å²) in [6.07, 6.45) is 1.94. The molecule has 0 unspecified atom stereocenters. The van der Waals surface area contributed by atoms with Crippen LogP contribution in [-0.2, 0) is 4.79 Å². The molecule has 140 valence electrons. The lowest BCUT2D eigenvalue weighted by Gasteiger charge is -2.11. The van der Waals surface area contributed by atoms with Crippen molar-refractivity contribution in [3.63, 3.8) is 0 Å². The number of carbonyl (C=O) groups is 1. The number of rotatable bonds is 5. The van der Waals surface area contributed by atoms with Gasteiger partial charge < -0.3 is 19.7 Å². The fourth-order valence-corrected chi connectivity index (χ4v) is 3.44.